The number of carbonyl (C=O) groups excluding carboxylic acids is 2. The van der Waals surface area contributed by atoms with E-state index in [0.717, 1.165) is 32.2 Å². The van der Waals surface area contributed by atoms with Gasteiger partial charge in [0.1, 0.15) is 0 Å². The van der Waals surface area contributed by atoms with Gasteiger partial charge in [0, 0.05) is 37.3 Å². The zero-order chi connectivity index (χ0) is 17.6. The largest absolute Gasteiger partial charge is 0.352 e. The summed E-state index contributed by atoms with van der Waals surface area (Å²) in [5, 5.41) is 2.98. The average molecular weight is 344 g/mol. The van der Waals surface area contributed by atoms with Gasteiger partial charge >= 0.3 is 0 Å². The average Bonchev–Trinajstić information content (AvgIpc) is 3.08. The predicted octanol–water partition coefficient (Wildman–Crippen LogP) is 1.30. The number of hydrazine groups is 1. The highest BCUT2D eigenvalue weighted by Gasteiger charge is 2.36. The molecule has 3 N–H and O–H groups in total. The molecule has 6 heteroatoms. The van der Waals surface area contributed by atoms with E-state index in [1.165, 1.54) is 0 Å². The molecular weight excluding hydrogens is 316 g/mol. The Balaban J connectivity index is 1.53. The summed E-state index contributed by atoms with van der Waals surface area (Å²) in [4.78, 5) is 27.1. The Morgan fingerprint density at radius 2 is 2.04 bits per heavy atom. The summed E-state index contributed by atoms with van der Waals surface area (Å²) in [5.41, 5.74) is 6.88. The highest BCUT2D eigenvalue weighted by Crippen LogP contribution is 2.23. The van der Waals surface area contributed by atoms with Crippen LogP contribution in [0.15, 0.2) is 30.3 Å². The molecule has 0 spiro atoms. The van der Waals surface area contributed by atoms with Crippen LogP contribution in [0.25, 0.3) is 0 Å². The third-order valence-corrected chi connectivity index (χ3v) is 5.28. The molecule has 1 aromatic rings. The molecule has 3 rings (SSSR count). The maximum atomic E-state index is 12.9. The second-order valence-electron chi connectivity index (χ2n) is 7.01. The maximum absolute atomic E-state index is 12.9. The summed E-state index contributed by atoms with van der Waals surface area (Å²) < 4.78 is 0. The van der Waals surface area contributed by atoms with E-state index in [9.17, 15) is 9.59 Å². The van der Waals surface area contributed by atoms with Crippen molar-refractivity contribution in [2.24, 2.45) is 5.92 Å². The van der Waals surface area contributed by atoms with E-state index in [0.29, 0.717) is 18.7 Å². The molecule has 25 heavy (non-hydrogen) atoms. The summed E-state index contributed by atoms with van der Waals surface area (Å²) in [5.74, 6) is 0.190. The van der Waals surface area contributed by atoms with Crippen molar-refractivity contribution >= 4 is 11.8 Å². The second kappa shape index (κ2) is 8.45. The lowest BCUT2D eigenvalue weighted by atomic mass is 9.95. The van der Waals surface area contributed by atoms with Gasteiger partial charge in [0.2, 0.25) is 5.91 Å². The van der Waals surface area contributed by atoms with Gasteiger partial charge in [-0.3, -0.25) is 20.4 Å². The molecule has 3 atom stereocenters. The number of hydrogen-bond acceptors (Lipinski definition) is 4. The molecule has 3 unspecified atom stereocenters. The molecule has 1 aromatic carbocycles. The number of hydrogen-bond donors (Lipinski definition) is 3. The van der Waals surface area contributed by atoms with Crippen LogP contribution in [0.3, 0.4) is 0 Å². The smallest absolute Gasteiger partial charge is 0.251 e. The lowest BCUT2D eigenvalue weighted by Crippen LogP contribution is -2.49. The van der Waals surface area contributed by atoms with Gasteiger partial charge in [-0.1, -0.05) is 18.2 Å². The molecule has 0 radical (unpaired) electrons. The van der Waals surface area contributed by atoms with Crippen LogP contribution < -0.4 is 16.2 Å². The number of nitrogens with one attached hydrogen (secondary N) is 3. The number of rotatable bonds is 5. The van der Waals surface area contributed by atoms with Gasteiger partial charge in [0.05, 0.1) is 5.92 Å². The van der Waals surface area contributed by atoms with Gasteiger partial charge in [-0.15, -0.1) is 0 Å². The highest BCUT2D eigenvalue weighted by atomic mass is 16.2. The van der Waals surface area contributed by atoms with E-state index in [1.807, 2.05) is 42.2 Å². The van der Waals surface area contributed by atoms with Gasteiger partial charge < -0.3 is 10.2 Å². The summed E-state index contributed by atoms with van der Waals surface area (Å²) >= 11 is 0. The van der Waals surface area contributed by atoms with Crippen molar-refractivity contribution < 1.29 is 9.59 Å². The van der Waals surface area contributed by atoms with E-state index >= 15 is 0 Å². The van der Waals surface area contributed by atoms with Crippen molar-refractivity contribution in [2.75, 3.05) is 19.6 Å². The quantitative estimate of drug-likeness (QED) is 0.753. The molecule has 0 aromatic heterocycles. The van der Waals surface area contributed by atoms with Crippen molar-refractivity contribution in [3.8, 4) is 0 Å². The third kappa shape index (κ3) is 4.38. The summed E-state index contributed by atoms with van der Waals surface area (Å²) in [6.07, 6.45) is 4.06. The fraction of sp³-hybridized carbons (Fsp3) is 0.579. The molecule has 2 saturated heterocycles. The summed E-state index contributed by atoms with van der Waals surface area (Å²) in [7, 11) is 0. The lowest BCUT2D eigenvalue weighted by Gasteiger charge is -2.38. The van der Waals surface area contributed by atoms with Crippen molar-refractivity contribution in [1.29, 1.82) is 0 Å². The Morgan fingerprint density at radius 1 is 1.24 bits per heavy atom. The maximum Gasteiger partial charge on any atom is 0.251 e. The SMILES string of the molecule is CC1NNCC1C(=O)N1CCCCC1CCNC(=O)c1ccccc1. The number of likely N-dealkylation sites (tertiary alicyclic amines) is 1. The van der Waals surface area contributed by atoms with Crippen molar-refractivity contribution in [2.45, 2.75) is 44.7 Å². The molecule has 0 aliphatic carbocycles. The van der Waals surface area contributed by atoms with Crippen LogP contribution in [0, 0.1) is 5.92 Å². The minimum absolute atomic E-state index is 0.000454. The molecule has 0 bridgehead atoms. The van der Waals surface area contributed by atoms with Crippen molar-refractivity contribution in [3.05, 3.63) is 35.9 Å². The monoisotopic (exact) mass is 344 g/mol. The van der Waals surface area contributed by atoms with Crippen molar-refractivity contribution in [3.63, 3.8) is 0 Å². The van der Waals surface area contributed by atoms with Gasteiger partial charge in [-0.05, 0) is 44.7 Å². The Hall–Kier alpha value is -1.92. The number of benzene rings is 1. The molecular formula is C19H28N4O2. The van der Waals surface area contributed by atoms with E-state index in [1.54, 1.807) is 0 Å². The first-order chi connectivity index (χ1) is 12.2. The Labute approximate surface area is 149 Å². The second-order valence-corrected chi connectivity index (χ2v) is 7.01. The standard InChI is InChI=1S/C19H28N4O2/c1-14-17(13-21-22-14)19(25)23-12-6-5-9-16(23)10-11-20-18(24)15-7-3-2-4-8-15/h2-4,7-8,14,16-17,21-22H,5-6,9-13H2,1H3,(H,20,24). The van der Waals surface area contributed by atoms with Gasteiger partial charge in [0.25, 0.3) is 5.91 Å². The van der Waals surface area contributed by atoms with Gasteiger partial charge in [0.15, 0.2) is 0 Å². The molecule has 0 saturated carbocycles. The summed E-state index contributed by atoms with van der Waals surface area (Å²) in [6, 6.07) is 9.64. The van der Waals surface area contributed by atoms with Gasteiger partial charge in [-0.25, -0.2) is 0 Å². The molecule has 6 nitrogen and oxygen atoms in total. The first-order valence-electron chi connectivity index (χ1n) is 9.29. The molecule has 2 aliphatic rings. The number of carbonyl (C=O) groups is 2. The fourth-order valence-corrected chi connectivity index (χ4v) is 3.76. The van der Waals surface area contributed by atoms with E-state index in [4.69, 9.17) is 0 Å². The van der Waals surface area contributed by atoms with Crippen LogP contribution in [0.1, 0.15) is 43.0 Å². The molecule has 136 valence electrons. The highest BCUT2D eigenvalue weighted by molar-refractivity contribution is 5.94. The van der Waals surface area contributed by atoms with Crippen LogP contribution in [0.2, 0.25) is 0 Å². The van der Waals surface area contributed by atoms with E-state index in [2.05, 4.69) is 16.2 Å². The Morgan fingerprint density at radius 3 is 2.76 bits per heavy atom. The summed E-state index contributed by atoms with van der Waals surface area (Å²) in [6.45, 7) is 4.16. The van der Waals surface area contributed by atoms with Gasteiger partial charge in [-0.2, -0.15) is 0 Å². The molecule has 2 heterocycles. The molecule has 2 fully saturated rings. The topological polar surface area (TPSA) is 73.5 Å². The van der Waals surface area contributed by atoms with E-state index in [-0.39, 0.29) is 29.8 Å². The number of amides is 2. The third-order valence-electron chi connectivity index (χ3n) is 5.28. The van der Waals surface area contributed by atoms with Crippen LogP contribution in [0.4, 0.5) is 0 Å². The zero-order valence-corrected chi connectivity index (χ0v) is 14.8. The molecule has 2 amide bonds. The molecule has 2 aliphatic heterocycles. The number of piperidine rings is 1. The van der Waals surface area contributed by atoms with Crippen LogP contribution >= 0.6 is 0 Å². The fourth-order valence-electron chi connectivity index (χ4n) is 3.76. The minimum Gasteiger partial charge on any atom is -0.352 e. The van der Waals surface area contributed by atoms with Crippen LogP contribution in [-0.4, -0.2) is 48.4 Å². The van der Waals surface area contributed by atoms with Crippen LogP contribution in [0.5, 0.6) is 0 Å². The van der Waals surface area contributed by atoms with Crippen LogP contribution in [-0.2, 0) is 4.79 Å². The first-order valence-corrected chi connectivity index (χ1v) is 9.29. The first kappa shape index (κ1) is 17.9. The minimum atomic E-state index is -0.0490. The Kier molecular flexibility index (Phi) is 6.04. The van der Waals surface area contributed by atoms with E-state index < -0.39 is 0 Å². The normalized spacial score (nSPS) is 26.4. The van der Waals surface area contributed by atoms with Crippen molar-refractivity contribution in [1.82, 2.24) is 21.1 Å². The Bertz CT molecular complexity index is 592. The zero-order valence-electron chi connectivity index (χ0n) is 14.8. The lowest BCUT2D eigenvalue weighted by molar-refractivity contribution is -0.139. The predicted molar refractivity (Wildman–Crippen MR) is 96.8 cm³/mol. The number of nitrogens with zero attached hydrogens (tertiary/aromatic N) is 1.